The van der Waals surface area contributed by atoms with Gasteiger partial charge >= 0.3 is 0 Å². The Balaban J connectivity index is 2.46. The highest BCUT2D eigenvalue weighted by Gasteiger charge is 2.15. The average Bonchev–Trinajstić information content (AvgIpc) is 2.79. The number of nitrogens with zero attached hydrogens (tertiary/aromatic N) is 4. The Hall–Kier alpha value is -0.750. The average molecular weight is 301 g/mol. The first-order valence-corrected chi connectivity index (χ1v) is 6.63. The standard InChI is InChI=1S/C10H13BrN4S/c1-5(2)9-12-10(16-14-9)15-7(4)8(11)6(3)13-15/h5H,1-4H3. The lowest BCUT2D eigenvalue weighted by Crippen LogP contribution is -1.99. The van der Waals surface area contributed by atoms with Crippen molar-refractivity contribution in [1.82, 2.24) is 19.1 Å². The van der Waals surface area contributed by atoms with Gasteiger partial charge in [-0.05, 0) is 29.8 Å². The highest BCUT2D eigenvalue weighted by molar-refractivity contribution is 9.10. The first kappa shape index (κ1) is 11.7. The largest absolute Gasteiger partial charge is 0.230 e. The molecule has 2 rings (SSSR count). The van der Waals surface area contributed by atoms with Crippen LogP contribution in [0.5, 0.6) is 0 Å². The quantitative estimate of drug-likeness (QED) is 0.855. The van der Waals surface area contributed by atoms with Crippen LogP contribution in [0.4, 0.5) is 0 Å². The molecule has 6 heteroatoms. The van der Waals surface area contributed by atoms with E-state index in [0.717, 1.165) is 26.8 Å². The molecule has 0 unspecified atom stereocenters. The van der Waals surface area contributed by atoms with Crippen molar-refractivity contribution in [3.05, 3.63) is 21.7 Å². The van der Waals surface area contributed by atoms with Crippen molar-refractivity contribution in [3.8, 4) is 5.13 Å². The van der Waals surface area contributed by atoms with Crippen LogP contribution < -0.4 is 0 Å². The second-order valence-electron chi connectivity index (χ2n) is 3.99. The molecule has 0 amide bonds. The van der Waals surface area contributed by atoms with E-state index in [-0.39, 0.29) is 0 Å². The van der Waals surface area contributed by atoms with Crippen LogP contribution in [0.1, 0.15) is 37.0 Å². The van der Waals surface area contributed by atoms with E-state index in [1.165, 1.54) is 11.5 Å². The molecule has 0 atom stereocenters. The van der Waals surface area contributed by atoms with E-state index in [2.05, 4.69) is 44.2 Å². The van der Waals surface area contributed by atoms with Crippen molar-refractivity contribution in [3.63, 3.8) is 0 Å². The molecule has 86 valence electrons. The Bertz CT molecular complexity index is 515. The van der Waals surface area contributed by atoms with Gasteiger partial charge in [0.05, 0.1) is 15.9 Å². The van der Waals surface area contributed by atoms with E-state index in [1.54, 1.807) is 0 Å². The van der Waals surface area contributed by atoms with Gasteiger partial charge < -0.3 is 0 Å². The molecule has 0 radical (unpaired) electrons. The second kappa shape index (κ2) is 4.25. The van der Waals surface area contributed by atoms with Gasteiger partial charge in [0.15, 0.2) is 0 Å². The van der Waals surface area contributed by atoms with Crippen molar-refractivity contribution in [2.45, 2.75) is 33.6 Å². The lowest BCUT2D eigenvalue weighted by atomic mass is 10.2. The van der Waals surface area contributed by atoms with Crippen LogP contribution in [0, 0.1) is 13.8 Å². The summed E-state index contributed by atoms with van der Waals surface area (Å²) in [5, 5.41) is 5.26. The number of rotatable bonds is 2. The van der Waals surface area contributed by atoms with E-state index in [4.69, 9.17) is 0 Å². The zero-order valence-electron chi connectivity index (χ0n) is 9.65. The van der Waals surface area contributed by atoms with Gasteiger partial charge in [-0.25, -0.2) is 9.67 Å². The fraction of sp³-hybridized carbons (Fsp3) is 0.500. The van der Waals surface area contributed by atoms with Crippen molar-refractivity contribution in [2.75, 3.05) is 0 Å². The minimum Gasteiger partial charge on any atom is -0.208 e. The molecular weight excluding hydrogens is 288 g/mol. The number of aryl methyl sites for hydroxylation is 1. The van der Waals surface area contributed by atoms with Crippen LogP contribution in [0.2, 0.25) is 0 Å². The first-order valence-electron chi connectivity index (χ1n) is 5.06. The van der Waals surface area contributed by atoms with Crippen LogP contribution in [-0.4, -0.2) is 19.1 Å². The van der Waals surface area contributed by atoms with Crippen LogP contribution in [0.3, 0.4) is 0 Å². The van der Waals surface area contributed by atoms with E-state index >= 15 is 0 Å². The summed E-state index contributed by atoms with van der Waals surface area (Å²) < 4.78 is 7.20. The second-order valence-corrected chi connectivity index (χ2v) is 5.51. The maximum atomic E-state index is 4.48. The third-order valence-electron chi connectivity index (χ3n) is 2.33. The van der Waals surface area contributed by atoms with Crippen LogP contribution >= 0.6 is 27.5 Å². The Morgan fingerprint density at radius 3 is 2.44 bits per heavy atom. The van der Waals surface area contributed by atoms with Gasteiger partial charge in [-0.1, -0.05) is 13.8 Å². The Morgan fingerprint density at radius 1 is 1.31 bits per heavy atom. The molecule has 2 heterocycles. The number of halogens is 1. The Labute approximate surface area is 107 Å². The van der Waals surface area contributed by atoms with Gasteiger partial charge in [-0.15, -0.1) is 0 Å². The zero-order chi connectivity index (χ0) is 11.9. The molecule has 0 N–H and O–H groups in total. The molecule has 2 aromatic rings. The van der Waals surface area contributed by atoms with Gasteiger partial charge in [-0.3, -0.25) is 0 Å². The number of hydrogen-bond acceptors (Lipinski definition) is 4. The summed E-state index contributed by atoms with van der Waals surface area (Å²) in [5.41, 5.74) is 2.03. The minimum atomic E-state index is 0.352. The van der Waals surface area contributed by atoms with Crippen molar-refractivity contribution < 1.29 is 0 Å². The summed E-state index contributed by atoms with van der Waals surface area (Å²) >= 11 is 4.89. The number of hydrogen-bond donors (Lipinski definition) is 0. The fourth-order valence-corrected chi connectivity index (χ4v) is 2.42. The molecule has 0 bridgehead atoms. The Kier molecular flexibility index (Phi) is 3.12. The van der Waals surface area contributed by atoms with Crippen LogP contribution in [0.15, 0.2) is 4.47 Å². The topological polar surface area (TPSA) is 43.6 Å². The first-order chi connectivity index (χ1) is 7.50. The molecule has 0 spiro atoms. The van der Waals surface area contributed by atoms with E-state index < -0.39 is 0 Å². The van der Waals surface area contributed by atoms with E-state index in [9.17, 15) is 0 Å². The lowest BCUT2D eigenvalue weighted by Gasteiger charge is -1.98. The summed E-state index contributed by atoms with van der Waals surface area (Å²) in [6.45, 7) is 8.16. The summed E-state index contributed by atoms with van der Waals surface area (Å²) in [6.07, 6.45) is 0. The summed E-state index contributed by atoms with van der Waals surface area (Å²) in [7, 11) is 0. The maximum Gasteiger partial charge on any atom is 0.230 e. The zero-order valence-corrected chi connectivity index (χ0v) is 12.1. The molecular formula is C10H13BrN4S. The third kappa shape index (κ3) is 1.91. The fourth-order valence-electron chi connectivity index (χ4n) is 1.36. The predicted octanol–water partition coefficient (Wildman–Crippen LogP) is 3.23. The van der Waals surface area contributed by atoms with E-state index in [1.807, 2.05) is 18.5 Å². The molecule has 0 saturated heterocycles. The molecule has 0 aliphatic heterocycles. The SMILES string of the molecule is Cc1nn(-c2nc(C(C)C)ns2)c(C)c1Br. The lowest BCUT2D eigenvalue weighted by molar-refractivity contribution is 0.771. The summed E-state index contributed by atoms with van der Waals surface area (Å²) in [6, 6.07) is 0. The summed E-state index contributed by atoms with van der Waals surface area (Å²) in [5.74, 6) is 1.23. The molecule has 2 aromatic heterocycles. The third-order valence-corrected chi connectivity index (χ3v) is 4.19. The maximum absolute atomic E-state index is 4.48. The van der Waals surface area contributed by atoms with Crippen molar-refractivity contribution in [1.29, 1.82) is 0 Å². The molecule has 4 nitrogen and oxygen atoms in total. The van der Waals surface area contributed by atoms with Crippen LogP contribution in [-0.2, 0) is 0 Å². The summed E-state index contributed by atoms with van der Waals surface area (Å²) in [4.78, 5) is 4.48. The highest BCUT2D eigenvalue weighted by atomic mass is 79.9. The molecule has 0 aromatic carbocycles. The van der Waals surface area contributed by atoms with Gasteiger partial charge in [-0.2, -0.15) is 9.47 Å². The van der Waals surface area contributed by atoms with Crippen LogP contribution in [0.25, 0.3) is 5.13 Å². The molecule has 16 heavy (non-hydrogen) atoms. The molecule has 0 fully saturated rings. The number of aromatic nitrogens is 4. The molecule has 0 aliphatic rings. The Morgan fingerprint density at radius 2 is 2.00 bits per heavy atom. The van der Waals surface area contributed by atoms with Crippen molar-refractivity contribution in [2.24, 2.45) is 0 Å². The van der Waals surface area contributed by atoms with Gasteiger partial charge in [0, 0.05) is 17.5 Å². The smallest absolute Gasteiger partial charge is 0.208 e. The highest BCUT2D eigenvalue weighted by Crippen LogP contribution is 2.24. The van der Waals surface area contributed by atoms with Gasteiger partial charge in [0.1, 0.15) is 5.82 Å². The minimum absolute atomic E-state index is 0.352. The molecule has 0 aliphatic carbocycles. The van der Waals surface area contributed by atoms with Gasteiger partial charge in [0.25, 0.3) is 0 Å². The molecule has 0 saturated carbocycles. The van der Waals surface area contributed by atoms with E-state index in [0.29, 0.717) is 5.92 Å². The normalized spacial score (nSPS) is 11.4. The van der Waals surface area contributed by atoms with Crippen molar-refractivity contribution >= 4 is 27.5 Å². The monoisotopic (exact) mass is 300 g/mol. The van der Waals surface area contributed by atoms with Gasteiger partial charge in [0.2, 0.25) is 5.13 Å². The predicted molar refractivity (Wildman–Crippen MR) is 68.3 cm³/mol.